The van der Waals surface area contributed by atoms with Gasteiger partial charge in [-0.05, 0) is 12.1 Å². The van der Waals surface area contributed by atoms with Crippen LogP contribution in [0.2, 0.25) is 0 Å². The van der Waals surface area contributed by atoms with Crippen LogP contribution in [0, 0.1) is 0 Å². The summed E-state index contributed by atoms with van der Waals surface area (Å²) >= 11 is 0. The normalized spacial score (nSPS) is 9.71. The van der Waals surface area contributed by atoms with E-state index in [0.717, 1.165) is 11.2 Å². The summed E-state index contributed by atoms with van der Waals surface area (Å²) in [6.45, 7) is 0. The van der Waals surface area contributed by atoms with E-state index in [1.807, 2.05) is 60.7 Å². The Balaban J connectivity index is 2.06. The standard InChI is InChI=1S/C14H13BNO/c1-16(13-10-6-3-7-11-13)14(17)15-12-8-4-2-5-9-12/h2-11H,1H3. The van der Waals surface area contributed by atoms with E-state index in [2.05, 4.69) is 0 Å². The minimum atomic E-state index is -0.0256. The van der Waals surface area contributed by atoms with Crippen LogP contribution < -0.4 is 10.4 Å². The van der Waals surface area contributed by atoms with Gasteiger partial charge in [0.25, 0.3) is 7.28 Å². The van der Waals surface area contributed by atoms with E-state index in [0.29, 0.717) is 0 Å². The van der Waals surface area contributed by atoms with Crippen molar-refractivity contribution >= 4 is 24.2 Å². The van der Waals surface area contributed by atoms with Crippen molar-refractivity contribution in [2.75, 3.05) is 11.9 Å². The SMILES string of the molecule is CN(C(=O)[B]c1ccccc1)c1ccccc1. The molecule has 2 rings (SSSR count). The van der Waals surface area contributed by atoms with Gasteiger partial charge in [0, 0.05) is 12.7 Å². The van der Waals surface area contributed by atoms with Crippen LogP contribution in [0.5, 0.6) is 0 Å². The fraction of sp³-hybridized carbons (Fsp3) is 0.0714. The first-order chi connectivity index (χ1) is 8.27. The molecule has 0 saturated heterocycles. The molecule has 0 aromatic heterocycles. The predicted octanol–water partition coefficient (Wildman–Crippen LogP) is 2.27. The molecule has 17 heavy (non-hydrogen) atoms. The Hall–Kier alpha value is -2.03. The summed E-state index contributed by atoms with van der Waals surface area (Å²) < 4.78 is 0. The molecule has 0 N–H and O–H groups in total. The third-order valence-corrected chi connectivity index (χ3v) is 2.56. The van der Waals surface area contributed by atoms with Crippen LogP contribution in [-0.2, 0) is 0 Å². The van der Waals surface area contributed by atoms with E-state index in [9.17, 15) is 4.79 Å². The van der Waals surface area contributed by atoms with Crippen molar-refractivity contribution in [2.24, 2.45) is 0 Å². The Morgan fingerprint density at radius 3 is 2.06 bits per heavy atom. The number of anilines is 1. The maximum atomic E-state index is 12.0. The van der Waals surface area contributed by atoms with Crippen LogP contribution in [0.1, 0.15) is 0 Å². The molecule has 0 heterocycles. The molecule has 1 radical (unpaired) electrons. The highest BCUT2D eigenvalue weighted by molar-refractivity contribution is 6.85. The lowest BCUT2D eigenvalue weighted by molar-refractivity contribution is 0.264. The minimum absolute atomic E-state index is 0.0256. The summed E-state index contributed by atoms with van der Waals surface area (Å²) in [5, 5.41) is 0. The molecule has 0 fully saturated rings. The summed E-state index contributed by atoms with van der Waals surface area (Å²) in [6.07, 6.45) is 0. The highest BCUT2D eigenvalue weighted by Gasteiger charge is 2.12. The third kappa shape index (κ3) is 2.97. The molecule has 1 amide bonds. The zero-order valence-electron chi connectivity index (χ0n) is 9.71. The van der Waals surface area contributed by atoms with Crippen molar-refractivity contribution in [3.05, 3.63) is 60.7 Å². The maximum absolute atomic E-state index is 12.0. The molecule has 0 bridgehead atoms. The van der Waals surface area contributed by atoms with Crippen LogP contribution in [0.3, 0.4) is 0 Å². The van der Waals surface area contributed by atoms with Gasteiger partial charge in [-0.15, -0.1) is 0 Å². The number of nitrogens with zero attached hydrogens (tertiary/aromatic N) is 1. The van der Waals surface area contributed by atoms with Gasteiger partial charge in [0.1, 0.15) is 0 Å². The topological polar surface area (TPSA) is 20.3 Å². The molecule has 2 nitrogen and oxygen atoms in total. The van der Waals surface area contributed by atoms with Crippen molar-refractivity contribution in [2.45, 2.75) is 0 Å². The van der Waals surface area contributed by atoms with Gasteiger partial charge in [-0.2, -0.15) is 0 Å². The molecule has 3 heteroatoms. The maximum Gasteiger partial charge on any atom is 0.272 e. The molecule has 0 unspecified atom stereocenters. The van der Waals surface area contributed by atoms with Crippen LogP contribution in [0.15, 0.2) is 60.7 Å². The van der Waals surface area contributed by atoms with Gasteiger partial charge in [-0.25, -0.2) is 0 Å². The van der Waals surface area contributed by atoms with Gasteiger partial charge in [0.2, 0.25) is 0 Å². The Bertz CT molecular complexity index is 484. The van der Waals surface area contributed by atoms with Crippen molar-refractivity contribution in [1.29, 1.82) is 0 Å². The molecule has 0 atom stereocenters. The van der Waals surface area contributed by atoms with Crippen molar-refractivity contribution in [1.82, 2.24) is 0 Å². The summed E-state index contributed by atoms with van der Waals surface area (Å²) in [4.78, 5) is 13.6. The fourth-order valence-corrected chi connectivity index (χ4v) is 1.57. The molecular formula is C14H13BNO. The highest BCUT2D eigenvalue weighted by Crippen LogP contribution is 2.10. The average Bonchev–Trinajstić information content (AvgIpc) is 2.40. The molecular weight excluding hydrogens is 209 g/mol. The zero-order chi connectivity index (χ0) is 12.1. The van der Waals surface area contributed by atoms with Gasteiger partial charge in [-0.3, -0.25) is 4.79 Å². The number of benzene rings is 2. The smallest absolute Gasteiger partial charge is 0.272 e. The van der Waals surface area contributed by atoms with Gasteiger partial charge in [0.15, 0.2) is 5.81 Å². The van der Waals surface area contributed by atoms with Crippen LogP contribution >= 0.6 is 0 Å². The monoisotopic (exact) mass is 222 g/mol. The summed E-state index contributed by atoms with van der Waals surface area (Å²) in [5.74, 6) is -0.0256. The summed E-state index contributed by atoms with van der Waals surface area (Å²) in [7, 11) is 3.41. The van der Waals surface area contributed by atoms with E-state index in [1.54, 1.807) is 19.2 Å². The average molecular weight is 222 g/mol. The number of hydrogen-bond acceptors (Lipinski definition) is 1. The minimum Gasteiger partial charge on any atom is -0.324 e. The van der Waals surface area contributed by atoms with Crippen molar-refractivity contribution in [3.63, 3.8) is 0 Å². The van der Waals surface area contributed by atoms with Gasteiger partial charge in [-0.1, -0.05) is 54.0 Å². The number of para-hydroxylation sites is 1. The molecule has 0 aliphatic carbocycles. The van der Waals surface area contributed by atoms with Crippen molar-refractivity contribution in [3.8, 4) is 0 Å². The number of amides is 1. The third-order valence-electron chi connectivity index (χ3n) is 2.56. The molecule has 0 spiro atoms. The molecule has 2 aromatic carbocycles. The Morgan fingerprint density at radius 1 is 0.941 bits per heavy atom. The lowest BCUT2D eigenvalue weighted by atomic mass is 9.69. The quantitative estimate of drug-likeness (QED) is 0.729. The number of hydrogen-bond donors (Lipinski definition) is 0. The number of carbonyl (C=O) groups is 1. The van der Waals surface area contributed by atoms with E-state index >= 15 is 0 Å². The Morgan fingerprint density at radius 2 is 1.47 bits per heavy atom. The van der Waals surface area contributed by atoms with E-state index in [4.69, 9.17) is 0 Å². The summed E-state index contributed by atoms with van der Waals surface area (Å²) in [6, 6.07) is 19.2. The van der Waals surface area contributed by atoms with E-state index in [-0.39, 0.29) is 5.81 Å². The van der Waals surface area contributed by atoms with Gasteiger partial charge < -0.3 is 4.90 Å². The molecule has 0 aliphatic rings. The number of rotatable bonds is 3. The van der Waals surface area contributed by atoms with Crippen LogP contribution in [0.4, 0.5) is 10.5 Å². The molecule has 0 aliphatic heterocycles. The van der Waals surface area contributed by atoms with Crippen molar-refractivity contribution < 1.29 is 4.79 Å². The molecule has 83 valence electrons. The van der Waals surface area contributed by atoms with E-state index < -0.39 is 0 Å². The predicted molar refractivity (Wildman–Crippen MR) is 72.1 cm³/mol. The molecule has 2 aromatic rings. The zero-order valence-corrected chi connectivity index (χ0v) is 9.71. The number of carbonyl (C=O) groups excluding carboxylic acids is 1. The fourth-order valence-electron chi connectivity index (χ4n) is 1.57. The van der Waals surface area contributed by atoms with Gasteiger partial charge in [0.05, 0.1) is 0 Å². The second-order valence-corrected chi connectivity index (χ2v) is 3.79. The van der Waals surface area contributed by atoms with Gasteiger partial charge >= 0.3 is 0 Å². The molecule has 0 saturated carbocycles. The first kappa shape index (κ1) is 11.5. The largest absolute Gasteiger partial charge is 0.324 e. The first-order valence-corrected chi connectivity index (χ1v) is 5.50. The second-order valence-electron chi connectivity index (χ2n) is 3.79. The van der Waals surface area contributed by atoms with E-state index in [1.165, 1.54) is 0 Å². The highest BCUT2D eigenvalue weighted by atomic mass is 16.1. The first-order valence-electron chi connectivity index (χ1n) is 5.50. The second kappa shape index (κ2) is 5.35. The summed E-state index contributed by atoms with van der Waals surface area (Å²) in [5.41, 5.74) is 1.81. The Labute approximate surface area is 102 Å². The van der Waals surface area contributed by atoms with Crippen LogP contribution in [0.25, 0.3) is 0 Å². The lowest BCUT2D eigenvalue weighted by Crippen LogP contribution is -2.35. The Kier molecular flexibility index (Phi) is 3.60. The van der Waals surface area contributed by atoms with Crippen LogP contribution in [-0.4, -0.2) is 20.1 Å². The lowest BCUT2D eigenvalue weighted by Gasteiger charge is -2.17.